The summed E-state index contributed by atoms with van der Waals surface area (Å²) in [5.41, 5.74) is 1.48. The Bertz CT molecular complexity index is 543. The SMILES string of the molecule is COc1cc(F)ccc1NCc1cccc(F)c1. The highest BCUT2D eigenvalue weighted by Gasteiger charge is 2.04. The van der Waals surface area contributed by atoms with Crippen LogP contribution in [0.4, 0.5) is 14.5 Å². The fourth-order valence-electron chi connectivity index (χ4n) is 1.66. The van der Waals surface area contributed by atoms with Crippen LogP contribution in [0, 0.1) is 11.6 Å². The van der Waals surface area contributed by atoms with E-state index in [2.05, 4.69) is 5.32 Å². The summed E-state index contributed by atoms with van der Waals surface area (Å²) >= 11 is 0. The molecule has 2 aromatic rings. The van der Waals surface area contributed by atoms with Gasteiger partial charge in [0.15, 0.2) is 0 Å². The second-order valence-electron chi connectivity index (χ2n) is 3.83. The Kier molecular flexibility index (Phi) is 3.77. The van der Waals surface area contributed by atoms with Crippen molar-refractivity contribution in [1.29, 1.82) is 0 Å². The van der Waals surface area contributed by atoms with Crippen molar-refractivity contribution in [2.45, 2.75) is 6.54 Å². The van der Waals surface area contributed by atoms with Gasteiger partial charge in [0.2, 0.25) is 0 Å². The maximum Gasteiger partial charge on any atom is 0.144 e. The highest BCUT2D eigenvalue weighted by molar-refractivity contribution is 5.56. The van der Waals surface area contributed by atoms with Crippen LogP contribution in [0.25, 0.3) is 0 Å². The predicted octanol–water partition coefficient (Wildman–Crippen LogP) is 3.59. The minimum Gasteiger partial charge on any atom is -0.494 e. The molecule has 0 aliphatic rings. The van der Waals surface area contributed by atoms with Crippen LogP contribution in [0.5, 0.6) is 5.75 Å². The van der Waals surface area contributed by atoms with Gasteiger partial charge in [0.1, 0.15) is 17.4 Å². The third kappa shape index (κ3) is 2.97. The molecule has 0 heterocycles. The van der Waals surface area contributed by atoms with Crippen LogP contribution in [0.2, 0.25) is 0 Å². The first kappa shape index (κ1) is 12.4. The smallest absolute Gasteiger partial charge is 0.144 e. The van der Waals surface area contributed by atoms with Gasteiger partial charge in [0, 0.05) is 12.6 Å². The predicted molar refractivity (Wildman–Crippen MR) is 66.7 cm³/mol. The van der Waals surface area contributed by atoms with E-state index in [0.29, 0.717) is 18.0 Å². The van der Waals surface area contributed by atoms with Crippen molar-refractivity contribution in [2.75, 3.05) is 12.4 Å². The molecule has 0 unspecified atom stereocenters. The Balaban J connectivity index is 2.10. The zero-order valence-electron chi connectivity index (χ0n) is 9.91. The minimum atomic E-state index is -0.358. The summed E-state index contributed by atoms with van der Waals surface area (Å²) in [4.78, 5) is 0. The van der Waals surface area contributed by atoms with Crippen LogP contribution < -0.4 is 10.1 Å². The van der Waals surface area contributed by atoms with Crippen molar-refractivity contribution in [1.82, 2.24) is 0 Å². The van der Waals surface area contributed by atoms with E-state index in [0.717, 1.165) is 5.56 Å². The number of anilines is 1. The first-order valence-electron chi connectivity index (χ1n) is 5.51. The second kappa shape index (κ2) is 5.49. The fourth-order valence-corrected chi connectivity index (χ4v) is 1.66. The quantitative estimate of drug-likeness (QED) is 0.894. The average Bonchev–Trinajstić information content (AvgIpc) is 2.37. The summed E-state index contributed by atoms with van der Waals surface area (Å²) in [6.07, 6.45) is 0. The van der Waals surface area contributed by atoms with Crippen LogP contribution in [0.15, 0.2) is 42.5 Å². The fraction of sp³-hybridized carbons (Fsp3) is 0.143. The van der Waals surface area contributed by atoms with Crippen molar-refractivity contribution in [3.05, 3.63) is 59.7 Å². The molecule has 0 bridgehead atoms. The Labute approximate surface area is 104 Å². The van der Waals surface area contributed by atoms with Crippen molar-refractivity contribution < 1.29 is 13.5 Å². The standard InChI is InChI=1S/C14H13F2NO/c1-18-14-8-12(16)5-6-13(14)17-9-10-3-2-4-11(15)7-10/h2-8,17H,9H2,1H3. The van der Waals surface area contributed by atoms with E-state index < -0.39 is 0 Å². The van der Waals surface area contributed by atoms with Crippen LogP contribution in [-0.4, -0.2) is 7.11 Å². The maximum absolute atomic E-state index is 13.0. The Hall–Kier alpha value is -2.10. The molecule has 0 aromatic heterocycles. The van der Waals surface area contributed by atoms with E-state index >= 15 is 0 Å². The molecule has 2 aromatic carbocycles. The maximum atomic E-state index is 13.0. The Morgan fingerprint density at radius 1 is 1.06 bits per heavy atom. The van der Waals surface area contributed by atoms with Gasteiger partial charge in [-0.1, -0.05) is 12.1 Å². The van der Waals surface area contributed by atoms with Crippen LogP contribution in [0.1, 0.15) is 5.56 Å². The van der Waals surface area contributed by atoms with Gasteiger partial charge in [-0.3, -0.25) is 0 Å². The molecule has 0 saturated carbocycles. The van der Waals surface area contributed by atoms with Crippen LogP contribution in [-0.2, 0) is 6.54 Å². The van der Waals surface area contributed by atoms with E-state index in [1.807, 2.05) is 6.07 Å². The molecule has 0 fully saturated rings. The van der Waals surface area contributed by atoms with Gasteiger partial charge in [-0.25, -0.2) is 8.78 Å². The zero-order valence-corrected chi connectivity index (χ0v) is 9.91. The molecule has 4 heteroatoms. The molecule has 0 amide bonds. The Morgan fingerprint density at radius 2 is 1.83 bits per heavy atom. The number of benzene rings is 2. The monoisotopic (exact) mass is 249 g/mol. The van der Waals surface area contributed by atoms with Crippen molar-refractivity contribution >= 4 is 5.69 Å². The Morgan fingerprint density at radius 3 is 2.56 bits per heavy atom. The van der Waals surface area contributed by atoms with Crippen molar-refractivity contribution in [3.8, 4) is 5.75 Å². The number of nitrogens with one attached hydrogen (secondary N) is 1. The number of rotatable bonds is 4. The van der Waals surface area contributed by atoms with Gasteiger partial charge >= 0.3 is 0 Å². The minimum absolute atomic E-state index is 0.277. The largest absolute Gasteiger partial charge is 0.494 e. The molecule has 2 rings (SSSR count). The van der Waals surface area contributed by atoms with Gasteiger partial charge in [0.25, 0.3) is 0 Å². The van der Waals surface area contributed by atoms with E-state index in [1.165, 1.54) is 31.4 Å². The lowest BCUT2D eigenvalue weighted by atomic mass is 10.2. The molecule has 1 N–H and O–H groups in total. The third-order valence-corrected chi connectivity index (χ3v) is 2.54. The summed E-state index contributed by atoms with van der Waals surface area (Å²) in [7, 11) is 1.47. The molecule has 0 spiro atoms. The number of ether oxygens (including phenoxy) is 1. The summed E-state index contributed by atoms with van der Waals surface area (Å²) in [5.74, 6) is -0.213. The van der Waals surface area contributed by atoms with Crippen molar-refractivity contribution in [2.24, 2.45) is 0 Å². The van der Waals surface area contributed by atoms with E-state index in [-0.39, 0.29) is 11.6 Å². The van der Waals surface area contributed by atoms with Crippen molar-refractivity contribution in [3.63, 3.8) is 0 Å². The highest BCUT2D eigenvalue weighted by Crippen LogP contribution is 2.25. The lowest BCUT2D eigenvalue weighted by Gasteiger charge is -2.11. The molecule has 2 nitrogen and oxygen atoms in total. The number of hydrogen-bond donors (Lipinski definition) is 1. The number of methoxy groups -OCH3 is 1. The molecular formula is C14H13F2NO. The summed E-state index contributed by atoms with van der Waals surface area (Å²) in [6.45, 7) is 0.444. The van der Waals surface area contributed by atoms with Gasteiger partial charge in [-0.15, -0.1) is 0 Å². The summed E-state index contributed by atoms with van der Waals surface area (Å²) in [6, 6.07) is 10.5. The lowest BCUT2D eigenvalue weighted by Crippen LogP contribution is -2.01. The van der Waals surface area contributed by atoms with Gasteiger partial charge in [-0.05, 0) is 29.8 Å². The van der Waals surface area contributed by atoms with E-state index in [4.69, 9.17) is 4.74 Å². The number of halogens is 2. The summed E-state index contributed by atoms with van der Waals surface area (Å²) in [5, 5.41) is 3.08. The number of hydrogen-bond acceptors (Lipinski definition) is 2. The average molecular weight is 249 g/mol. The van der Waals surface area contributed by atoms with E-state index in [9.17, 15) is 8.78 Å². The van der Waals surface area contributed by atoms with Crippen LogP contribution in [0.3, 0.4) is 0 Å². The molecule has 0 atom stereocenters. The highest BCUT2D eigenvalue weighted by atomic mass is 19.1. The van der Waals surface area contributed by atoms with Gasteiger partial charge < -0.3 is 10.1 Å². The summed E-state index contributed by atoms with van der Waals surface area (Å²) < 4.78 is 31.0. The first-order chi connectivity index (χ1) is 8.69. The van der Waals surface area contributed by atoms with E-state index in [1.54, 1.807) is 12.1 Å². The zero-order chi connectivity index (χ0) is 13.0. The van der Waals surface area contributed by atoms with Crippen LogP contribution >= 0.6 is 0 Å². The third-order valence-electron chi connectivity index (χ3n) is 2.54. The molecule has 0 saturated heterocycles. The molecular weight excluding hydrogens is 236 g/mol. The second-order valence-corrected chi connectivity index (χ2v) is 3.83. The first-order valence-corrected chi connectivity index (χ1v) is 5.51. The molecule has 0 aliphatic carbocycles. The van der Waals surface area contributed by atoms with Gasteiger partial charge in [0.05, 0.1) is 12.8 Å². The van der Waals surface area contributed by atoms with Gasteiger partial charge in [-0.2, -0.15) is 0 Å². The lowest BCUT2D eigenvalue weighted by molar-refractivity contribution is 0.413. The molecule has 94 valence electrons. The molecule has 18 heavy (non-hydrogen) atoms. The molecule has 0 radical (unpaired) electrons. The topological polar surface area (TPSA) is 21.3 Å². The molecule has 0 aliphatic heterocycles. The normalized spacial score (nSPS) is 10.2.